The van der Waals surface area contributed by atoms with Crippen LogP contribution in [0.15, 0.2) is 0 Å². The molecule has 7 nitrogen and oxygen atoms in total. The zero-order chi connectivity index (χ0) is 17.7. The van der Waals surface area contributed by atoms with Gasteiger partial charge in [0.2, 0.25) is 5.91 Å². The van der Waals surface area contributed by atoms with Crippen LogP contribution in [0.25, 0.3) is 0 Å². The summed E-state index contributed by atoms with van der Waals surface area (Å²) in [5.41, 5.74) is 0. The van der Waals surface area contributed by atoms with Gasteiger partial charge in [-0.25, -0.2) is 0 Å². The fraction of sp³-hybridized carbons (Fsp3) is 0.750. The number of hydrogen-bond donors (Lipinski definition) is 2. The van der Waals surface area contributed by atoms with Crippen molar-refractivity contribution in [1.82, 2.24) is 10.2 Å². The Labute approximate surface area is 145 Å². The van der Waals surface area contributed by atoms with Crippen LogP contribution in [0.5, 0.6) is 0 Å². The molecule has 1 amide bonds. The Hall–Kier alpha value is -1.41. The first-order chi connectivity index (χ1) is 11.4. The van der Waals surface area contributed by atoms with E-state index in [0.717, 1.165) is 12.2 Å². The lowest BCUT2D eigenvalue weighted by Gasteiger charge is -2.23. The second kappa shape index (κ2) is 8.62. The standard InChI is InChI=1S/C16H24N2O5S/c1-10(19)17-15-14(21)5-7-18(15)6-2-8-24-9-12-11(16(22)23)3-4-13(12)20/h11-12,15H,2-9H2,1H3,(H,17,19)(H,22,23)/t11-,12+,15+/m1/s1. The van der Waals surface area contributed by atoms with Crippen molar-refractivity contribution >= 4 is 35.2 Å². The van der Waals surface area contributed by atoms with E-state index >= 15 is 0 Å². The van der Waals surface area contributed by atoms with Gasteiger partial charge in [0.15, 0.2) is 5.78 Å². The van der Waals surface area contributed by atoms with Crippen LogP contribution in [0.3, 0.4) is 0 Å². The average molecular weight is 356 g/mol. The highest BCUT2D eigenvalue weighted by Gasteiger charge is 2.39. The molecular formula is C16H24N2O5S. The van der Waals surface area contributed by atoms with E-state index in [1.807, 2.05) is 4.90 Å². The molecule has 3 atom stereocenters. The normalized spacial score (nSPS) is 27.6. The Bertz CT molecular complexity index is 525. The van der Waals surface area contributed by atoms with Gasteiger partial charge in [-0.1, -0.05) is 0 Å². The topological polar surface area (TPSA) is 104 Å². The predicted octanol–water partition coefficient (Wildman–Crippen LogP) is 0.527. The van der Waals surface area contributed by atoms with Crippen molar-refractivity contribution < 1.29 is 24.3 Å². The van der Waals surface area contributed by atoms with Crippen LogP contribution < -0.4 is 5.32 Å². The van der Waals surface area contributed by atoms with Gasteiger partial charge in [0.05, 0.1) is 5.92 Å². The number of rotatable bonds is 8. The van der Waals surface area contributed by atoms with Crippen LogP contribution in [-0.2, 0) is 19.2 Å². The lowest BCUT2D eigenvalue weighted by atomic mass is 9.98. The molecule has 2 rings (SSSR count). The predicted molar refractivity (Wildman–Crippen MR) is 89.6 cm³/mol. The molecule has 1 saturated heterocycles. The molecule has 2 N–H and O–H groups in total. The van der Waals surface area contributed by atoms with Crippen LogP contribution >= 0.6 is 11.8 Å². The molecule has 0 aromatic rings. The van der Waals surface area contributed by atoms with Crippen molar-refractivity contribution in [2.45, 2.75) is 38.8 Å². The van der Waals surface area contributed by atoms with Crippen molar-refractivity contribution in [3.05, 3.63) is 0 Å². The van der Waals surface area contributed by atoms with Gasteiger partial charge in [-0.15, -0.1) is 0 Å². The van der Waals surface area contributed by atoms with E-state index in [2.05, 4.69) is 5.32 Å². The number of carbonyl (C=O) groups excluding carboxylic acids is 3. The first-order valence-corrected chi connectivity index (χ1v) is 9.42. The molecule has 1 aliphatic carbocycles. The van der Waals surface area contributed by atoms with Crippen LogP contribution in [-0.4, -0.2) is 64.2 Å². The highest BCUT2D eigenvalue weighted by atomic mass is 32.2. The van der Waals surface area contributed by atoms with E-state index in [9.17, 15) is 19.2 Å². The summed E-state index contributed by atoms with van der Waals surface area (Å²) in [7, 11) is 0. The number of Topliss-reactive ketones (excluding diaryl/α,β-unsaturated/α-hetero) is 2. The lowest BCUT2D eigenvalue weighted by molar-refractivity contribution is -0.143. The summed E-state index contributed by atoms with van der Waals surface area (Å²) in [5.74, 6) is -0.547. The number of thioether (sulfide) groups is 1. The zero-order valence-corrected chi connectivity index (χ0v) is 14.6. The minimum Gasteiger partial charge on any atom is -0.481 e. The van der Waals surface area contributed by atoms with Gasteiger partial charge in [0.1, 0.15) is 11.9 Å². The summed E-state index contributed by atoms with van der Waals surface area (Å²) < 4.78 is 0. The Morgan fingerprint density at radius 1 is 1.29 bits per heavy atom. The van der Waals surface area contributed by atoms with E-state index in [4.69, 9.17) is 5.11 Å². The van der Waals surface area contributed by atoms with E-state index in [0.29, 0.717) is 38.1 Å². The maximum absolute atomic E-state index is 11.8. The summed E-state index contributed by atoms with van der Waals surface area (Å²) in [5, 5.41) is 11.8. The number of carboxylic acids is 1. The quantitative estimate of drug-likeness (QED) is 0.611. The third-order valence-electron chi connectivity index (χ3n) is 4.61. The molecule has 1 saturated carbocycles. The van der Waals surface area contributed by atoms with Crippen molar-refractivity contribution in [3.63, 3.8) is 0 Å². The number of nitrogens with zero attached hydrogens (tertiary/aromatic N) is 1. The molecule has 2 fully saturated rings. The van der Waals surface area contributed by atoms with Gasteiger partial charge < -0.3 is 10.4 Å². The average Bonchev–Trinajstić information content (AvgIpc) is 3.04. The number of nitrogens with one attached hydrogen (secondary N) is 1. The van der Waals surface area contributed by atoms with Crippen LogP contribution in [0.1, 0.15) is 32.6 Å². The van der Waals surface area contributed by atoms with Crippen molar-refractivity contribution in [2.24, 2.45) is 11.8 Å². The molecule has 0 radical (unpaired) electrons. The lowest BCUT2D eigenvalue weighted by Crippen LogP contribution is -2.47. The van der Waals surface area contributed by atoms with Gasteiger partial charge >= 0.3 is 5.97 Å². The highest BCUT2D eigenvalue weighted by molar-refractivity contribution is 7.99. The maximum atomic E-state index is 11.8. The first-order valence-electron chi connectivity index (χ1n) is 8.27. The smallest absolute Gasteiger partial charge is 0.307 e. The summed E-state index contributed by atoms with van der Waals surface area (Å²) in [4.78, 5) is 47.8. The van der Waals surface area contributed by atoms with Gasteiger partial charge in [0, 0.05) is 44.5 Å². The zero-order valence-electron chi connectivity index (χ0n) is 13.8. The van der Waals surface area contributed by atoms with Crippen molar-refractivity contribution in [1.29, 1.82) is 0 Å². The Morgan fingerprint density at radius 2 is 2.04 bits per heavy atom. The minimum absolute atomic E-state index is 0.0405. The fourth-order valence-electron chi connectivity index (χ4n) is 3.32. The van der Waals surface area contributed by atoms with Crippen LogP contribution in [0.2, 0.25) is 0 Å². The highest BCUT2D eigenvalue weighted by Crippen LogP contribution is 2.31. The number of hydrogen-bond acceptors (Lipinski definition) is 6. The van der Waals surface area contributed by atoms with E-state index in [1.54, 1.807) is 11.8 Å². The van der Waals surface area contributed by atoms with Crippen molar-refractivity contribution in [2.75, 3.05) is 24.6 Å². The molecule has 1 aliphatic heterocycles. The molecule has 0 spiro atoms. The number of ketones is 2. The monoisotopic (exact) mass is 356 g/mol. The molecule has 0 unspecified atom stereocenters. The Kier molecular flexibility index (Phi) is 6.79. The molecule has 2 aliphatic rings. The molecule has 8 heteroatoms. The molecule has 24 heavy (non-hydrogen) atoms. The molecular weight excluding hydrogens is 332 g/mol. The van der Waals surface area contributed by atoms with Gasteiger partial charge in [0.25, 0.3) is 0 Å². The van der Waals surface area contributed by atoms with E-state index in [1.165, 1.54) is 6.92 Å². The van der Waals surface area contributed by atoms with E-state index < -0.39 is 18.1 Å². The molecule has 0 bridgehead atoms. The first kappa shape index (κ1) is 18.9. The van der Waals surface area contributed by atoms with Gasteiger partial charge in [-0.05, 0) is 18.6 Å². The molecule has 134 valence electrons. The summed E-state index contributed by atoms with van der Waals surface area (Å²) >= 11 is 1.59. The molecule has 1 heterocycles. The Balaban J connectivity index is 1.69. The van der Waals surface area contributed by atoms with E-state index in [-0.39, 0.29) is 23.4 Å². The second-order valence-electron chi connectivity index (χ2n) is 6.34. The number of carbonyl (C=O) groups is 4. The third-order valence-corrected chi connectivity index (χ3v) is 5.78. The summed E-state index contributed by atoms with van der Waals surface area (Å²) in [6.45, 7) is 2.75. The van der Waals surface area contributed by atoms with Gasteiger partial charge in [-0.2, -0.15) is 11.8 Å². The SMILES string of the molecule is CC(=O)N[C@@H]1C(=O)CCN1CCCSC[C@@H]1C(=O)CC[C@H]1C(=O)O. The fourth-order valence-corrected chi connectivity index (χ4v) is 4.49. The van der Waals surface area contributed by atoms with Crippen LogP contribution in [0.4, 0.5) is 0 Å². The summed E-state index contributed by atoms with van der Waals surface area (Å²) in [6, 6.07) is 0. The van der Waals surface area contributed by atoms with Gasteiger partial charge in [-0.3, -0.25) is 24.1 Å². The maximum Gasteiger partial charge on any atom is 0.307 e. The molecule has 0 aromatic heterocycles. The summed E-state index contributed by atoms with van der Waals surface area (Å²) in [6.07, 6.45) is 1.59. The largest absolute Gasteiger partial charge is 0.481 e. The Morgan fingerprint density at radius 3 is 2.71 bits per heavy atom. The number of carboxylic acid groups (broad SMARTS) is 1. The van der Waals surface area contributed by atoms with Crippen molar-refractivity contribution in [3.8, 4) is 0 Å². The second-order valence-corrected chi connectivity index (χ2v) is 7.49. The number of amides is 1. The number of likely N-dealkylation sites (tertiary alicyclic amines) is 1. The van der Waals surface area contributed by atoms with Crippen LogP contribution in [0, 0.1) is 11.8 Å². The molecule has 0 aromatic carbocycles. The third kappa shape index (κ3) is 4.80. The minimum atomic E-state index is -0.875. The number of aliphatic carboxylic acids is 1.